The first-order valence-electron chi connectivity index (χ1n) is 6.05. The van der Waals surface area contributed by atoms with Crippen LogP contribution in [0, 0.1) is 12.7 Å². The lowest BCUT2D eigenvalue weighted by atomic mass is 10.2. The Bertz CT molecular complexity index is 685. The van der Waals surface area contributed by atoms with Crippen molar-refractivity contribution in [3.05, 3.63) is 52.1 Å². The lowest BCUT2D eigenvalue weighted by Gasteiger charge is -2.08. The van der Waals surface area contributed by atoms with Gasteiger partial charge in [-0.1, -0.05) is 6.07 Å². The molecule has 0 fully saturated rings. The molecule has 0 saturated carbocycles. The van der Waals surface area contributed by atoms with E-state index < -0.39 is 17.6 Å². The molecule has 1 aromatic heterocycles. The second kappa shape index (κ2) is 6.53. The number of benzene rings is 1. The molecule has 5 nitrogen and oxygen atoms in total. The molecule has 0 saturated heterocycles. The molecule has 2 N–H and O–H groups in total. The first-order valence-corrected chi connectivity index (χ1v) is 6.84. The first-order chi connectivity index (χ1) is 9.95. The molecule has 0 bridgehead atoms. The molecule has 2 aromatic rings. The molecule has 1 aromatic carbocycles. The number of aryl methyl sites for hydroxylation is 1. The normalized spacial score (nSPS) is 10.2. The Kier molecular flexibility index (Phi) is 4.74. The van der Waals surface area contributed by atoms with E-state index in [1.54, 1.807) is 19.1 Å². The number of furan rings is 1. The van der Waals surface area contributed by atoms with Crippen LogP contribution in [0.1, 0.15) is 16.1 Å². The Balaban J connectivity index is 1.90. The van der Waals surface area contributed by atoms with Gasteiger partial charge in [0, 0.05) is 5.69 Å². The summed E-state index contributed by atoms with van der Waals surface area (Å²) in [5.41, 5.74) is 1.10. The number of hydrogen-bond donors (Lipinski definition) is 2. The van der Waals surface area contributed by atoms with Crippen LogP contribution in [-0.4, -0.2) is 18.4 Å². The highest BCUT2D eigenvalue weighted by molar-refractivity contribution is 9.10. The second-order valence-electron chi connectivity index (χ2n) is 4.29. The fourth-order valence-corrected chi connectivity index (χ4v) is 1.91. The molecule has 0 aliphatic rings. The number of rotatable bonds is 4. The van der Waals surface area contributed by atoms with Crippen LogP contribution in [0.25, 0.3) is 0 Å². The Hall–Kier alpha value is -2.15. The van der Waals surface area contributed by atoms with Crippen molar-refractivity contribution in [1.82, 2.24) is 5.32 Å². The monoisotopic (exact) mass is 354 g/mol. The van der Waals surface area contributed by atoms with Gasteiger partial charge in [-0.05, 0) is 52.7 Å². The molecule has 7 heteroatoms. The summed E-state index contributed by atoms with van der Waals surface area (Å²) in [6, 6.07) is 7.14. The highest BCUT2D eigenvalue weighted by atomic mass is 79.9. The van der Waals surface area contributed by atoms with Crippen molar-refractivity contribution in [2.45, 2.75) is 6.92 Å². The van der Waals surface area contributed by atoms with Crippen LogP contribution in [0.2, 0.25) is 0 Å². The van der Waals surface area contributed by atoms with Crippen molar-refractivity contribution in [3.8, 4) is 0 Å². The summed E-state index contributed by atoms with van der Waals surface area (Å²) in [4.78, 5) is 23.4. The first kappa shape index (κ1) is 15.2. The lowest BCUT2D eigenvalue weighted by Crippen LogP contribution is -2.32. The molecule has 0 spiro atoms. The Morgan fingerprint density at radius 2 is 2.05 bits per heavy atom. The number of anilines is 1. The van der Waals surface area contributed by atoms with E-state index in [-0.39, 0.29) is 12.3 Å². The fraction of sp³-hybridized carbons (Fsp3) is 0.143. The van der Waals surface area contributed by atoms with E-state index in [4.69, 9.17) is 4.42 Å². The molecular formula is C14H12BrFN2O3. The van der Waals surface area contributed by atoms with Crippen molar-refractivity contribution >= 4 is 33.4 Å². The van der Waals surface area contributed by atoms with Gasteiger partial charge in [-0.25, -0.2) is 4.39 Å². The third-order valence-electron chi connectivity index (χ3n) is 2.68. The van der Waals surface area contributed by atoms with Gasteiger partial charge < -0.3 is 15.1 Å². The van der Waals surface area contributed by atoms with Crippen LogP contribution in [0.3, 0.4) is 0 Å². The smallest absolute Gasteiger partial charge is 0.287 e. The SMILES string of the molecule is Cc1ccc(F)cc1NC(=O)CNC(=O)c1ccc(Br)o1. The van der Waals surface area contributed by atoms with Gasteiger partial charge in [-0.15, -0.1) is 0 Å². The van der Waals surface area contributed by atoms with Gasteiger partial charge in [-0.3, -0.25) is 9.59 Å². The Morgan fingerprint density at radius 1 is 1.29 bits per heavy atom. The van der Waals surface area contributed by atoms with Crippen molar-refractivity contribution in [2.24, 2.45) is 0 Å². The maximum Gasteiger partial charge on any atom is 0.287 e. The zero-order valence-electron chi connectivity index (χ0n) is 11.1. The summed E-state index contributed by atoms with van der Waals surface area (Å²) >= 11 is 3.08. The van der Waals surface area contributed by atoms with Gasteiger partial charge in [0.15, 0.2) is 10.4 Å². The topological polar surface area (TPSA) is 71.3 Å². The molecule has 21 heavy (non-hydrogen) atoms. The van der Waals surface area contributed by atoms with Crippen LogP contribution in [-0.2, 0) is 4.79 Å². The molecule has 2 rings (SSSR count). The Labute approximate surface area is 128 Å². The van der Waals surface area contributed by atoms with Crippen molar-refractivity contribution < 1.29 is 18.4 Å². The quantitative estimate of drug-likeness (QED) is 0.886. The summed E-state index contributed by atoms with van der Waals surface area (Å²) in [5, 5.41) is 4.94. The number of hydrogen-bond acceptors (Lipinski definition) is 3. The molecule has 0 atom stereocenters. The van der Waals surface area contributed by atoms with Gasteiger partial charge in [0.05, 0.1) is 6.54 Å². The maximum atomic E-state index is 13.1. The molecule has 110 valence electrons. The van der Waals surface area contributed by atoms with Crippen molar-refractivity contribution in [2.75, 3.05) is 11.9 Å². The van der Waals surface area contributed by atoms with E-state index in [0.29, 0.717) is 10.4 Å². The van der Waals surface area contributed by atoms with Crippen LogP contribution in [0.4, 0.5) is 10.1 Å². The van der Waals surface area contributed by atoms with Gasteiger partial charge in [-0.2, -0.15) is 0 Å². The van der Waals surface area contributed by atoms with Gasteiger partial charge in [0.1, 0.15) is 5.82 Å². The molecule has 0 aliphatic carbocycles. The summed E-state index contributed by atoms with van der Waals surface area (Å²) in [6.45, 7) is 1.50. The van der Waals surface area contributed by atoms with Crippen LogP contribution in [0.5, 0.6) is 0 Å². The van der Waals surface area contributed by atoms with Gasteiger partial charge in [0.2, 0.25) is 5.91 Å². The third-order valence-corrected chi connectivity index (χ3v) is 3.11. The van der Waals surface area contributed by atoms with E-state index in [0.717, 1.165) is 5.56 Å². The second-order valence-corrected chi connectivity index (χ2v) is 5.08. The molecule has 2 amide bonds. The van der Waals surface area contributed by atoms with Crippen molar-refractivity contribution in [3.63, 3.8) is 0 Å². The average molecular weight is 355 g/mol. The number of amides is 2. The molecule has 0 radical (unpaired) electrons. The predicted molar refractivity (Wildman–Crippen MR) is 78.5 cm³/mol. The summed E-state index contributed by atoms with van der Waals surface area (Å²) < 4.78 is 18.6. The van der Waals surface area contributed by atoms with Crippen molar-refractivity contribution in [1.29, 1.82) is 0 Å². The molecular weight excluding hydrogens is 343 g/mol. The predicted octanol–water partition coefficient (Wildman–Crippen LogP) is 2.86. The summed E-state index contributed by atoms with van der Waals surface area (Å²) in [6.07, 6.45) is 0. The number of carbonyl (C=O) groups is 2. The highest BCUT2D eigenvalue weighted by Gasteiger charge is 2.12. The number of nitrogens with one attached hydrogen (secondary N) is 2. The van der Waals surface area contributed by atoms with Gasteiger partial charge in [0.25, 0.3) is 5.91 Å². The van der Waals surface area contributed by atoms with E-state index in [2.05, 4.69) is 26.6 Å². The van der Waals surface area contributed by atoms with E-state index >= 15 is 0 Å². The fourth-order valence-electron chi connectivity index (χ4n) is 1.61. The number of carbonyl (C=O) groups excluding carboxylic acids is 2. The summed E-state index contributed by atoms with van der Waals surface area (Å²) in [7, 11) is 0. The maximum absolute atomic E-state index is 13.1. The average Bonchev–Trinajstić information content (AvgIpc) is 2.87. The highest BCUT2D eigenvalue weighted by Crippen LogP contribution is 2.16. The van der Waals surface area contributed by atoms with E-state index in [9.17, 15) is 14.0 Å². The van der Waals surface area contributed by atoms with E-state index in [1.165, 1.54) is 18.2 Å². The standard InChI is InChI=1S/C14H12BrFN2O3/c1-8-2-3-9(16)6-10(8)18-13(19)7-17-14(20)11-4-5-12(15)21-11/h2-6H,7H2,1H3,(H,17,20)(H,18,19). The minimum absolute atomic E-state index is 0.0941. The minimum Gasteiger partial charge on any atom is -0.444 e. The van der Waals surface area contributed by atoms with Crippen LogP contribution < -0.4 is 10.6 Å². The van der Waals surface area contributed by atoms with Crippen LogP contribution >= 0.6 is 15.9 Å². The largest absolute Gasteiger partial charge is 0.444 e. The van der Waals surface area contributed by atoms with E-state index in [1.807, 2.05) is 0 Å². The Morgan fingerprint density at radius 3 is 2.71 bits per heavy atom. The third kappa shape index (κ3) is 4.16. The molecule has 0 aliphatic heterocycles. The zero-order valence-corrected chi connectivity index (χ0v) is 12.7. The lowest BCUT2D eigenvalue weighted by molar-refractivity contribution is -0.115. The van der Waals surface area contributed by atoms with Gasteiger partial charge >= 0.3 is 0 Å². The molecule has 1 heterocycles. The minimum atomic E-state index is -0.508. The van der Waals surface area contributed by atoms with Crippen LogP contribution in [0.15, 0.2) is 39.4 Å². The molecule has 0 unspecified atom stereocenters. The zero-order chi connectivity index (χ0) is 15.4. The summed E-state index contributed by atoms with van der Waals surface area (Å²) in [5.74, 6) is -1.31. The number of halogens is 2.